The van der Waals surface area contributed by atoms with Crippen molar-refractivity contribution in [2.45, 2.75) is 13.8 Å². The Labute approximate surface area is 153 Å². The molecule has 5 aromatic carbocycles. The van der Waals surface area contributed by atoms with Gasteiger partial charge in [0.15, 0.2) is 0 Å². The number of benzene rings is 5. The van der Waals surface area contributed by atoms with Gasteiger partial charge < -0.3 is 0 Å². The predicted octanol–water partition coefficient (Wildman–Crippen LogP) is 7.43. The van der Waals surface area contributed by atoms with E-state index < -0.39 is 0 Å². The standard InChI is InChI=1S/C26H20/c1-17-6-5-9-24(18(17)2)21-13-11-20-16-26-22(15-23(20)14-21)12-10-19-7-3-4-8-25(19)26/h3-16H,1-2H3. The van der Waals surface area contributed by atoms with Gasteiger partial charge in [-0.15, -0.1) is 0 Å². The second-order valence-electron chi connectivity index (χ2n) is 7.17. The Hall–Kier alpha value is -3.12. The molecule has 5 aromatic rings. The van der Waals surface area contributed by atoms with Gasteiger partial charge in [0.1, 0.15) is 0 Å². The van der Waals surface area contributed by atoms with Gasteiger partial charge in [-0.1, -0.05) is 66.7 Å². The molecule has 26 heavy (non-hydrogen) atoms. The van der Waals surface area contributed by atoms with E-state index in [0.29, 0.717) is 0 Å². The summed E-state index contributed by atoms with van der Waals surface area (Å²) in [7, 11) is 0. The number of hydrogen-bond donors (Lipinski definition) is 0. The molecule has 0 saturated carbocycles. The van der Waals surface area contributed by atoms with Gasteiger partial charge in [-0.3, -0.25) is 0 Å². The van der Waals surface area contributed by atoms with E-state index in [1.54, 1.807) is 0 Å². The number of aryl methyl sites for hydroxylation is 1. The van der Waals surface area contributed by atoms with E-state index in [4.69, 9.17) is 0 Å². The fourth-order valence-electron chi connectivity index (χ4n) is 3.99. The van der Waals surface area contributed by atoms with Gasteiger partial charge in [-0.2, -0.15) is 0 Å². The summed E-state index contributed by atoms with van der Waals surface area (Å²) in [5, 5.41) is 7.84. The van der Waals surface area contributed by atoms with Crippen LogP contribution in [0.3, 0.4) is 0 Å². The van der Waals surface area contributed by atoms with Crippen LogP contribution in [-0.4, -0.2) is 0 Å². The highest BCUT2D eigenvalue weighted by Gasteiger charge is 2.07. The first kappa shape index (κ1) is 15.2. The van der Waals surface area contributed by atoms with Crippen LogP contribution in [0.4, 0.5) is 0 Å². The van der Waals surface area contributed by atoms with Crippen molar-refractivity contribution >= 4 is 32.3 Å². The van der Waals surface area contributed by atoms with Crippen molar-refractivity contribution in [3.63, 3.8) is 0 Å². The summed E-state index contributed by atoms with van der Waals surface area (Å²) in [5.74, 6) is 0. The van der Waals surface area contributed by atoms with Crippen molar-refractivity contribution in [1.82, 2.24) is 0 Å². The van der Waals surface area contributed by atoms with Crippen molar-refractivity contribution in [3.8, 4) is 11.1 Å². The summed E-state index contributed by atoms with van der Waals surface area (Å²) in [6.45, 7) is 4.39. The molecule has 0 unspecified atom stereocenters. The van der Waals surface area contributed by atoms with E-state index in [0.717, 1.165) is 0 Å². The summed E-state index contributed by atoms with van der Waals surface area (Å²) in [4.78, 5) is 0. The maximum atomic E-state index is 2.33. The fraction of sp³-hybridized carbons (Fsp3) is 0.0769. The molecule has 0 heteroatoms. The Morgan fingerprint density at radius 2 is 1.31 bits per heavy atom. The van der Waals surface area contributed by atoms with Crippen molar-refractivity contribution < 1.29 is 0 Å². The SMILES string of the molecule is Cc1cccc(-c2ccc3cc4c(ccc5ccccc54)cc3c2)c1C. The Morgan fingerprint density at radius 3 is 2.23 bits per heavy atom. The van der Waals surface area contributed by atoms with Crippen LogP contribution in [0, 0.1) is 13.8 Å². The van der Waals surface area contributed by atoms with E-state index in [1.807, 2.05) is 0 Å². The van der Waals surface area contributed by atoms with Crippen LogP contribution in [0.25, 0.3) is 43.4 Å². The second-order valence-corrected chi connectivity index (χ2v) is 7.17. The quantitative estimate of drug-likeness (QED) is 0.221. The molecule has 0 fully saturated rings. The zero-order valence-corrected chi connectivity index (χ0v) is 15.1. The van der Waals surface area contributed by atoms with Crippen LogP contribution >= 0.6 is 0 Å². The van der Waals surface area contributed by atoms with Gasteiger partial charge in [0.05, 0.1) is 0 Å². The molecule has 0 aromatic heterocycles. The Kier molecular flexibility index (Phi) is 3.33. The van der Waals surface area contributed by atoms with Crippen LogP contribution in [0.5, 0.6) is 0 Å². The maximum Gasteiger partial charge on any atom is -0.00990 e. The van der Waals surface area contributed by atoms with E-state index in [9.17, 15) is 0 Å². The molecular weight excluding hydrogens is 312 g/mol. The lowest BCUT2D eigenvalue weighted by atomic mass is 9.93. The van der Waals surface area contributed by atoms with E-state index >= 15 is 0 Å². The molecule has 0 N–H and O–H groups in total. The van der Waals surface area contributed by atoms with Crippen molar-refractivity contribution in [3.05, 3.63) is 96.1 Å². The largest absolute Gasteiger partial charge is 0.0616 e. The van der Waals surface area contributed by atoms with Gasteiger partial charge in [-0.25, -0.2) is 0 Å². The highest BCUT2D eigenvalue weighted by molar-refractivity contribution is 6.12. The number of hydrogen-bond acceptors (Lipinski definition) is 0. The van der Waals surface area contributed by atoms with Gasteiger partial charge in [0, 0.05) is 0 Å². The molecule has 0 atom stereocenters. The third kappa shape index (κ3) is 2.30. The van der Waals surface area contributed by atoms with Crippen molar-refractivity contribution in [2.24, 2.45) is 0 Å². The van der Waals surface area contributed by atoms with Crippen molar-refractivity contribution in [2.75, 3.05) is 0 Å². The van der Waals surface area contributed by atoms with Crippen LogP contribution in [-0.2, 0) is 0 Å². The Bertz CT molecular complexity index is 1290. The molecule has 0 aliphatic carbocycles. The number of rotatable bonds is 1. The van der Waals surface area contributed by atoms with Crippen molar-refractivity contribution in [1.29, 1.82) is 0 Å². The van der Waals surface area contributed by atoms with Crippen LogP contribution in [0.1, 0.15) is 11.1 Å². The molecule has 0 spiro atoms. The minimum Gasteiger partial charge on any atom is -0.0616 e. The van der Waals surface area contributed by atoms with Crippen LogP contribution in [0.2, 0.25) is 0 Å². The molecule has 0 radical (unpaired) electrons. The van der Waals surface area contributed by atoms with E-state index in [-0.39, 0.29) is 0 Å². The average Bonchev–Trinajstić information content (AvgIpc) is 2.68. The molecule has 124 valence electrons. The molecule has 0 bridgehead atoms. The van der Waals surface area contributed by atoms with Crippen LogP contribution < -0.4 is 0 Å². The molecule has 0 aliphatic rings. The number of fused-ring (bicyclic) bond motifs is 4. The third-order valence-electron chi connectivity index (χ3n) is 5.62. The summed E-state index contributed by atoms with van der Waals surface area (Å²) < 4.78 is 0. The third-order valence-corrected chi connectivity index (χ3v) is 5.62. The normalized spacial score (nSPS) is 11.5. The zero-order chi connectivity index (χ0) is 17.7. The fourth-order valence-corrected chi connectivity index (χ4v) is 3.99. The lowest BCUT2D eigenvalue weighted by molar-refractivity contribution is 1.34. The summed E-state index contributed by atoms with van der Waals surface area (Å²) in [6.07, 6.45) is 0. The summed E-state index contributed by atoms with van der Waals surface area (Å²) >= 11 is 0. The predicted molar refractivity (Wildman–Crippen MR) is 114 cm³/mol. The maximum absolute atomic E-state index is 2.33. The van der Waals surface area contributed by atoms with E-state index in [1.165, 1.54) is 54.6 Å². The molecule has 5 rings (SSSR count). The molecule has 0 heterocycles. The highest BCUT2D eigenvalue weighted by atomic mass is 14.1. The first-order chi connectivity index (χ1) is 12.7. The van der Waals surface area contributed by atoms with Gasteiger partial charge >= 0.3 is 0 Å². The first-order valence-corrected chi connectivity index (χ1v) is 9.12. The Balaban J connectivity index is 1.78. The lowest BCUT2D eigenvalue weighted by Gasteiger charge is -2.11. The molecule has 0 aliphatic heterocycles. The summed E-state index contributed by atoms with van der Waals surface area (Å²) in [6, 6.07) is 31.1. The molecule has 0 nitrogen and oxygen atoms in total. The zero-order valence-electron chi connectivity index (χ0n) is 15.1. The summed E-state index contributed by atoms with van der Waals surface area (Å²) in [5.41, 5.74) is 5.32. The monoisotopic (exact) mass is 332 g/mol. The molecule has 0 amide bonds. The highest BCUT2D eigenvalue weighted by Crippen LogP contribution is 2.33. The lowest BCUT2D eigenvalue weighted by Crippen LogP contribution is -1.87. The minimum atomic E-state index is 1.29. The second kappa shape index (κ2) is 5.71. The first-order valence-electron chi connectivity index (χ1n) is 9.12. The van der Waals surface area contributed by atoms with Gasteiger partial charge in [-0.05, 0) is 86.6 Å². The average molecular weight is 332 g/mol. The van der Waals surface area contributed by atoms with Gasteiger partial charge in [0.25, 0.3) is 0 Å². The smallest absolute Gasteiger partial charge is 0.00990 e. The molecular formula is C26H20. The minimum absolute atomic E-state index is 1.29. The van der Waals surface area contributed by atoms with Gasteiger partial charge in [0.2, 0.25) is 0 Å². The van der Waals surface area contributed by atoms with E-state index in [2.05, 4.69) is 98.8 Å². The van der Waals surface area contributed by atoms with Crippen LogP contribution in [0.15, 0.2) is 84.9 Å². The molecule has 0 saturated heterocycles. The topological polar surface area (TPSA) is 0 Å². The Morgan fingerprint density at radius 1 is 0.500 bits per heavy atom.